The van der Waals surface area contributed by atoms with E-state index < -0.39 is 0 Å². The van der Waals surface area contributed by atoms with E-state index in [0.29, 0.717) is 12.1 Å². The fourth-order valence-electron chi connectivity index (χ4n) is 3.33. The molecule has 4 rings (SSSR count). The third-order valence-corrected chi connectivity index (χ3v) is 4.75. The van der Waals surface area contributed by atoms with Crippen LogP contribution in [0.25, 0.3) is 11.3 Å². The monoisotopic (exact) mass is 383 g/mol. The van der Waals surface area contributed by atoms with Gasteiger partial charge < -0.3 is 16.0 Å². The maximum absolute atomic E-state index is 12.8. The summed E-state index contributed by atoms with van der Waals surface area (Å²) in [5, 5.41) is 9.16. The number of para-hydroxylation sites is 1. The summed E-state index contributed by atoms with van der Waals surface area (Å²) in [4.78, 5) is 23.9. The Hall–Kier alpha value is -3.86. The first-order valence-corrected chi connectivity index (χ1v) is 9.42. The smallest absolute Gasteiger partial charge is 0.258 e. The molecule has 0 atom stereocenters. The molecule has 0 bridgehead atoms. The summed E-state index contributed by atoms with van der Waals surface area (Å²) in [6, 6.07) is 25.3. The van der Waals surface area contributed by atoms with Gasteiger partial charge in [-0.3, -0.25) is 9.59 Å². The second-order valence-electron chi connectivity index (χ2n) is 6.85. The summed E-state index contributed by atoms with van der Waals surface area (Å²) in [7, 11) is 0. The van der Waals surface area contributed by atoms with Crippen molar-refractivity contribution in [2.24, 2.45) is 0 Å². The van der Waals surface area contributed by atoms with Crippen molar-refractivity contribution in [3.63, 3.8) is 0 Å². The average Bonchev–Trinajstić information content (AvgIpc) is 3.07. The lowest BCUT2D eigenvalue weighted by Gasteiger charge is -2.15. The molecule has 5 heteroatoms. The van der Waals surface area contributed by atoms with Gasteiger partial charge in [-0.15, -0.1) is 0 Å². The third-order valence-electron chi connectivity index (χ3n) is 4.75. The van der Waals surface area contributed by atoms with E-state index in [1.165, 1.54) is 6.92 Å². The summed E-state index contributed by atoms with van der Waals surface area (Å²) in [6.07, 6.45) is 0. The zero-order valence-electron chi connectivity index (χ0n) is 16.0. The molecule has 1 aliphatic rings. The van der Waals surface area contributed by atoms with Gasteiger partial charge in [0.05, 0.1) is 11.3 Å². The Kier molecular flexibility index (Phi) is 5.12. The first kappa shape index (κ1) is 18.5. The molecule has 3 N–H and O–H groups in total. The molecule has 0 spiro atoms. The first-order valence-electron chi connectivity index (χ1n) is 9.42. The van der Waals surface area contributed by atoms with Crippen LogP contribution in [0.5, 0.6) is 0 Å². The Morgan fingerprint density at radius 3 is 2.31 bits per heavy atom. The fraction of sp³-hybridized carbons (Fsp3) is 0.0833. The van der Waals surface area contributed by atoms with Crippen LogP contribution >= 0.6 is 0 Å². The van der Waals surface area contributed by atoms with Gasteiger partial charge in [0.2, 0.25) is 5.91 Å². The Bertz CT molecular complexity index is 1090. The van der Waals surface area contributed by atoms with Gasteiger partial charge in [0, 0.05) is 30.4 Å². The highest BCUT2D eigenvalue weighted by Crippen LogP contribution is 2.37. The van der Waals surface area contributed by atoms with E-state index in [4.69, 9.17) is 0 Å². The number of hydrogen-bond donors (Lipinski definition) is 3. The molecule has 3 aromatic carbocycles. The maximum atomic E-state index is 12.8. The van der Waals surface area contributed by atoms with E-state index >= 15 is 0 Å². The van der Waals surface area contributed by atoms with Crippen LogP contribution < -0.4 is 16.0 Å². The van der Waals surface area contributed by atoms with Gasteiger partial charge in [-0.1, -0.05) is 60.7 Å². The summed E-state index contributed by atoms with van der Waals surface area (Å²) in [6.45, 7) is 1.98. The third kappa shape index (κ3) is 4.04. The van der Waals surface area contributed by atoms with Gasteiger partial charge in [-0.05, 0) is 29.3 Å². The summed E-state index contributed by atoms with van der Waals surface area (Å²) < 4.78 is 0. The fourth-order valence-corrected chi connectivity index (χ4v) is 3.33. The molecule has 29 heavy (non-hydrogen) atoms. The lowest BCUT2D eigenvalue weighted by molar-refractivity contribution is -0.119. The van der Waals surface area contributed by atoms with Crippen LogP contribution in [0.2, 0.25) is 0 Å². The van der Waals surface area contributed by atoms with Crippen molar-refractivity contribution >= 4 is 34.5 Å². The zero-order valence-corrected chi connectivity index (χ0v) is 16.0. The van der Waals surface area contributed by atoms with E-state index in [1.807, 2.05) is 78.9 Å². The van der Waals surface area contributed by atoms with E-state index in [9.17, 15) is 9.59 Å². The first-order chi connectivity index (χ1) is 14.1. The number of rotatable bonds is 5. The minimum absolute atomic E-state index is 0.0609. The summed E-state index contributed by atoms with van der Waals surface area (Å²) >= 11 is 0. The van der Waals surface area contributed by atoms with Crippen LogP contribution in [0.4, 0.5) is 11.4 Å². The van der Waals surface area contributed by atoms with Crippen molar-refractivity contribution in [2.75, 3.05) is 10.6 Å². The second-order valence-corrected chi connectivity index (χ2v) is 6.85. The van der Waals surface area contributed by atoms with Crippen LogP contribution in [0.1, 0.15) is 23.6 Å². The largest absolute Gasteiger partial charge is 0.354 e. The molecule has 0 radical (unpaired) electrons. The molecule has 0 aromatic heterocycles. The Morgan fingerprint density at radius 2 is 1.59 bits per heavy atom. The van der Waals surface area contributed by atoms with Crippen molar-refractivity contribution < 1.29 is 9.59 Å². The quantitative estimate of drug-likeness (QED) is 0.577. The van der Waals surface area contributed by atoms with Crippen LogP contribution in [0.15, 0.2) is 78.9 Å². The van der Waals surface area contributed by atoms with Gasteiger partial charge in [-0.2, -0.15) is 0 Å². The minimum atomic E-state index is -0.125. The van der Waals surface area contributed by atoms with E-state index in [-0.39, 0.29) is 11.8 Å². The molecule has 1 heterocycles. The van der Waals surface area contributed by atoms with E-state index in [2.05, 4.69) is 16.0 Å². The van der Waals surface area contributed by atoms with Crippen LogP contribution in [-0.4, -0.2) is 11.8 Å². The Labute approximate surface area is 169 Å². The van der Waals surface area contributed by atoms with Crippen molar-refractivity contribution in [1.29, 1.82) is 0 Å². The predicted octanol–water partition coefficient (Wildman–Crippen LogP) is 4.26. The lowest BCUT2D eigenvalue weighted by atomic mass is 10.00. The van der Waals surface area contributed by atoms with E-state index in [0.717, 1.165) is 33.8 Å². The molecule has 0 fully saturated rings. The van der Waals surface area contributed by atoms with Crippen molar-refractivity contribution in [3.8, 4) is 0 Å². The molecule has 5 nitrogen and oxygen atoms in total. The molecule has 0 unspecified atom stereocenters. The number of fused-ring (bicyclic) bond motifs is 1. The molecule has 144 valence electrons. The van der Waals surface area contributed by atoms with Gasteiger partial charge >= 0.3 is 0 Å². The minimum Gasteiger partial charge on any atom is -0.354 e. The van der Waals surface area contributed by atoms with Gasteiger partial charge in [0.1, 0.15) is 0 Å². The van der Waals surface area contributed by atoms with Crippen LogP contribution in [0, 0.1) is 0 Å². The predicted molar refractivity (Wildman–Crippen MR) is 116 cm³/mol. The number of anilines is 2. The zero-order chi connectivity index (χ0) is 20.2. The molecule has 0 aliphatic carbocycles. The van der Waals surface area contributed by atoms with Crippen LogP contribution in [0.3, 0.4) is 0 Å². The number of carbonyl (C=O) groups excluding carboxylic acids is 2. The van der Waals surface area contributed by atoms with Crippen molar-refractivity contribution in [1.82, 2.24) is 5.32 Å². The molecule has 0 saturated heterocycles. The number of benzene rings is 3. The standard InChI is InChI=1S/C24H21N3O2/c1-16(28)25-15-17-11-13-19(14-12-17)26-23(18-7-3-2-4-8-18)22-20-9-5-6-10-21(20)27-24(22)29/h2-14,26H,15H2,1H3,(H,25,28)(H,27,29)/b23-22-. The number of nitrogens with one attached hydrogen (secondary N) is 3. The molecule has 2 amide bonds. The number of amides is 2. The summed E-state index contributed by atoms with van der Waals surface area (Å²) in [5.41, 5.74) is 5.86. The Morgan fingerprint density at radius 1 is 0.897 bits per heavy atom. The number of carbonyl (C=O) groups is 2. The Balaban J connectivity index is 1.72. The highest BCUT2D eigenvalue weighted by molar-refractivity contribution is 6.37. The molecule has 3 aromatic rings. The van der Waals surface area contributed by atoms with E-state index in [1.54, 1.807) is 0 Å². The summed E-state index contributed by atoms with van der Waals surface area (Å²) in [5.74, 6) is -0.186. The topological polar surface area (TPSA) is 70.2 Å². The van der Waals surface area contributed by atoms with Gasteiger partial charge in [-0.25, -0.2) is 0 Å². The maximum Gasteiger partial charge on any atom is 0.258 e. The van der Waals surface area contributed by atoms with Gasteiger partial charge in [0.15, 0.2) is 0 Å². The second kappa shape index (κ2) is 8.02. The average molecular weight is 383 g/mol. The van der Waals surface area contributed by atoms with Crippen molar-refractivity contribution in [2.45, 2.75) is 13.5 Å². The molecule has 1 aliphatic heterocycles. The van der Waals surface area contributed by atoms with Crippen LogP contribution in [-0.2, 0) is 16.1 Å². The molecular weight excluding hydrogens is 362 g/mol. The SMILES string of the molecule is CC(=O)NCc1ccc(N/C(=C2\C(=O)Nc3ccccc32)c2ccccc2)cc1. The number of hydrogen-bond acceptors (Lipinski definition) is 3. The molecule has 0 saturated carbocycles. The van der Waals surface area contributed by atoms with Crippen molar-refractivity contribution in [3.05, 3.63) is 95.6 Å². The highest BCUT2D eigenvalue weighted by Gasteiger charge is 2.27. The molecular formula is C24H21N3O2. The lowest BCUT2D eigenvalue weighted by Crippen LogP contribution is -2.18. The highest BCUT2D eigenvalue weighted by atomic mass is 16.2. The van der Waals surface area contributed by atoms with Gasteiger partial charge in [0.25, 0.3) is 5.91 Å². The normalized spacial score (nSPS) is 14.0.